The molecule has 0 saturated carbocycles. The number of carbonyl (C=O) groups excluding carboxylic acids is 2. The van der Waals surface area contributed by atoms with Gasteiger partial charge >= 0.3 is 5.97 Å². The molecule has 1 amide bonds. The predicted octanol–water partition coefficient (Wildman–Crippen LogP) is 1.92. The van der Waals surface area contributed by atoms with E-state index in [1.165, 1.54) is 6.92 Å². The minimum Gasteiger partial charge on any atom is -0.461 e. The van der Waals surface area contributed by atoms with Gasteiger partial charge < -0.3 is 9.64 Å². The monoisotopic (exact) mass is 285 g/mol. The van der Waals surface area contributed by atoms with Crippen molar-refractivity contribution in [3.8, 4) is 5.69 Å². The molecule has 0 N–H and O–H groups in total. The second-order valence-electron chi connectivity index (χ2n) is 4.73. The smallest absolute Gasteiger partial charge is 0.358 e. The molecule has 0 bridgehead atoms. The summed E-state index contributed by atoms with van der Waals surface area (Å²) in [5.74, 6) is 0.132. The van der Waals surface area contributed by atoms with E-state index in [9.17, 15) is 9.59 Å². The summed E-state index contributed by atoms with van der Waals surface area (Å²) in [5.41, 5.74) is 1.90. The molecule has 0 unspecified atom stereocenters. The lowest BCUT2D eigenvalue weighted by molar-refractivity contribution is -0.116. The van der Waals surface area contributed by atoms with Crippen LogP contribution in [0, 0.1) is 0 Å². The van der Waals surface area contributed by atoms with Crippen LogP contribution in [0.5, 0.6) is 0 Å². The zero-order valence-electron chi connectivity index (χ0n) is 11.9. The number of esters is 1. The first kappa shape index (κ1) is 13.4. The zero-order valence-corrected chi connectivity index (χ0v) is 11.9. The number of hydrogen-bond acceptors (Lipinski definition) is 4. The van der Waals surface area contributed by atoms with Crippen molar-refractivity contribution in [1.82, 2.24) is 9.55 Å². The van der Waals surface area contributed by atoms with Crippen LogP contribution in [0.15, 0.2) is 30.5 Å². The number of anilines is 1. The Hall–Kier alpha value is -2.63. The van der Waals surface area contributed by atoms with E-state index >= 15 is 0 Å². The van der Waals surface area contributed by atoms with Crippen LogP contribution in [0.4, 0.5) is 5.69 Å². The van der Waals surface area contributed by atoms with Crippen LogP contribution >= 0.6 is 0 Å². The molecule has 3 rings (SSSR count). The van der Waals surface area contributed by atoms with Crippen molar-refractivity contribution in [3.05, 3.63) is 42.0 Å². The lowest BCUT2D eigenvalue weighted by atomic mass is 10.2. The Labute approximate surface area is 122 Å². The normalized spacial score (nSPS) is 12.6. The lowest BCUT2D eigenvalue weighted by Crippen LogP contribution is -2.33. The van der Waals surface area contributed by atoms with Gasteiger partial charge in [0.05, 0.1) is 24.5 Å². The first-order valence-corrected chi connectivity index (χ1v) is 6.74. The highest BCUT2D eigenvalue weighted by atomic mass is 16.5. The molecule has 6 heteroatoms. The van der Waals surface area contributed by atoms with Crippen molar-refractivity contribution >= 4 is 17.6 Å². The summed E-state index contributed by atoms with van der Waals surface area (Å²) >= 11 is 0. The van der Waals surface area contributed by atoms with Gasteiger partial charge in [-0.3, -0.25) is 9.36 Å². The van der Waals surface area contributed by atoms with Gasteiger partial charge in [0.1, 0.15) is 5.82 Å². The lowest BCUT2D eigenvalue weighted by Gasteiger charge is -2.28. The van der Waals surface area contributed by atoms with Crippen LogP contribution in [0.2, 0.25) is 0 Å². The number of hydrogen-bond donors (Lipinski definition) is 0. The van der Waals surface area contributed by atoms with E-state index in [1.807, 2.05) is 28.8 Å². The first-order chi connectivity index (χ1) is 10.1. The molecule has 0 aliphatic carbocycles. The Bertz CT molecular complexity index is 721. The van der Waals surface area contributed by atoms with Gasteiger partial charge in [-0.15, -0.1) is 0 Å². The topological polar surface area (TPSA) is 64.4 Å². The largest absolute Gasteiger partial charge is 0.461 e. The molecule has 21 heavy (non-hydrogen) atoms. The minimum atomic E-state index is -0.453. The molecule has 0 radical (unpaired) electrons. The summed E-state index contributed by atoms with van der Waals surface area (Å²) in [5, 5.41) is 0. The van der Waals surface area contributed by atoms with Crippen LogP contribution < -0.4 is 4.90 Å². The van der Waals surface area contributed by atoms with Crippen molar-refractivity contribution in [2.75, 3.05) is 11.5 Å². The third-order valence-corrected chi connectivity index (χ3v) is 3.38. The average molecular weight is 285 g/mol. The molecule has 1 aliphatic rings. The van der Waals surface area contributed by atoms with Crippen molar-refractivity contribution in [1.29, 1.82) is 0 Å². The van der Waals surface area contributed by atoms with E-state index < -0.39 is 5.97 Å². The molecule has 1 aromatic heterocycles. The van der Waals surface area contributed by atoms with Crippen molar-refractivity contribution in [3.63, 3.8) is 0 Å². The Kier molecular flexibility index (Phi) is 3.21. The Morgan fingerprint density at radius 2 is 2.00 bits per heavy atom. The molecular formula is C15H15N3O3. The molecule has 2 heterocycles. The van der Waals surface area contributed by atoms with Gasteiger partial charge in [0.25, 0.3) is 0 Å². The van der Waals surface area contributed by atoms with Gasteiger partial charge in [0.15, 0.2) is 5.69 Å². The number of imidazole rings is 1. The summed E-state index contributed by atoms with van der Waals surface area (Å²) in [7, 11) is 0. The molecule has 1 aromatic carbocycles. The van der Waals surface area contributed by atoms with Gasteiger partial charge in [-0.1, -0.05) is 12.1 Å². The van der Waals surface area contributed by atoms with Crippen LogP contribution in [-0.4, -0.2) is 28.0 Å². The first-order valence-electron chi connectivity index (χ1n) is 6.74. The second-order valence-corrected chi connectivity index (χ2v) is 4.73. The quantitative estimate of drug-likeness (QED) is 0.791. The molecular weight excluding hydrogens is 270 g/mol. The molecule has 0 saturated heterocycles. The SMILES string of the molecule is CCOC(=O)c1cn2c(n1)CN(C(C)=O)c1ccccc1-2. The maximum Gasteiger partial charge on any atom is 0.358 e. The molecule has 0 fully saturated rings. The molecule has 6 nitrogen and oxygen atoms in total. The number of benzene rings is 1. The maximum atomic E-state index is 11.8. The third-order valence-electron chi connectivity index (χ3n) is 3.38. The number of nitrogens with zero attached hydrogens (tertiary/aromatic N) is 3. The molecule has 2 aromatic rings. The number of carbonyl (C=O) groups is 2. The highest BCUT2D eigenvalue weighted by Crippen LogP contribution is 2.31. The number of para-hydroxylation sites is 2. The highest BCUT2D eigenvalue weighted by Gasteiger charge is 2.27. The summed E-state index contributed by atoms with van der Waals surface area (Å²) in [6.07, 6.45) is 1.66. The number of fused-ring (bicyclic) bond motifs is 3. The fourth-order valence-electron chi connectivity index (χ4n) is 2.45. The van der Waals surface area contributed by atoms with Gasteiger partial charge in [-0.25, -0.2) is 9.78 Å². The van der Waals surface area contributed by atoms with Gasteiger partial charge in [-0.05, 0) is 19.1 Å². The molecule has 1 aliphatic heterocycles. The van der Waals surface area contributed by atoms with Crippen LogP contribution in [0.3, 0.4) is 0 Å². The summed E-state index contributed by atoms with van der Waals surface area (Å²) in [6, 6.07) is 7.54. The van der Waals surface area contributed by atoms with Crippen LogP contribution in [0.1, 0.15) is 30.2 Å². The van der Waals surface area contributed by atoms with Crippen LogP contribution in [-0.2, 0) is 16.1 Å². The molecule has 0 atom stereocenters. The van der Waals surface area contributed by atoms with E-state index in [4.69, 9.17) is 4.74 Å². The van der Waals surface area contributed by atoms with E-state index in [0.717, 1.165) is 11.4 Å². The minimum absolute atomic E-state index is 0.0608. The van der Waals surface area contributed by atoms with Gasteiger partial charge in [-0.2, -0.15) is 0 Å². The van der Waals surface area contributed by atoms with Gasteiger partial charge in [0, 0.05) is 13.1 Å². The number of ether oxygens (including phenoxy) is 1. The highest BCUT2D eigenvalue weighted by molar-refractivity contribution is 5.95. The Morgan fingerprint density at radius 3 is 2.67 bits per heavy atom. The molecule has 0 spiro atoms. The van der Waals surface area contributed by atoms with E-state index in [0.29, 0.717) is 19.0 Å². The van der Waals surface area contributed by atoms with Crippen molar-refractivity contribution in [2.45, 2.75) is 20.4 Å². The summed E-state index contributed by atoms with van der Waals surface area (Å²) in [4.78, 5) is 29.6. The molecule has 108 valence electrons. The second kappa shape index (κ2) is 5.05. The summed E-state index contributed by atoms with van der Waals surface area (Å²) in [6.45, 7) is 3.91. The average Bonchev–Trinajstić information content (AvgIpc) is 2.91. The summed E-state index contributed by atoms with van der Waals surface area (Å²) < 4.78 is 6.81. The van der Waals surface area contributed by atoms with E-state index in [1.54, 1.807) is 18.0 Å². The fraction of sp³-hybridized carbons (Fsp3) is 0.267. The van der Waals surface area contributed by atoms with Gasteiger partial charge in [0.2, 0.25) is 5.91 Å². The predicted molar refractivity (Wildman–Crippen MR) is 76.4 cm³/mol. The van der Waals surface area contributed by atoms with Crippen molar-refractivity contribution in [2.24, 2.45) is 0 Å². The maximum absolute atomic E-state index is 11.8. The Morgan fingerprint density at radius 1 is 1.29 bits per heavy atom. The number of aromatic nitrogens is 2. The third kappa shape index (κ3) is 2.18. The van der Waals surface area contributed by atoms with Crippen molar-refractivity contribution < 1.29 is 14.3 Å². The standard InChI is InChI=1S/C15H15N3O3/c1-3-21-15(20)11-8-18-13-7-5-4-6-12(13)17(10(2)19)9-14(18)16-11/h4-8H,3,9H2,1-2H3. The zero-order chi connectivity index (χ0) is 15.0. The number of amides is 1. The van der Waals surface area contributed by atoms with E-state index in [2.05, 4.69) is 4.98 Å². The number of rotatable bonds is 2. The fourth-order valence-corrected chi connectivity index (χ4v) is 2.45. The van der Waals surface area contributed by atoms with E-state index in [-0.39, 0.29) is 11.6 Å². The van der Waals surface area contributed by atoms with Crippen LogP contribution in [0.25, 0.3) is 5.69 Å². The Balaban J connectivity index is 2.10.